The van der Waals surface area contributed by atoms with Gasteiger partial charge in [-0.1, -0.05) is 54.1 Å². The summed E-state index contributed by atoms with van der Waals surface area (Å²) in [5.41, 5.74) is 0.955. The van der Waals surface area contributed by atoms with Crippen LogP contribution in [0.4, 0.5) is 10.1 Å². The van der Waals surface area contributed by atoms with Crippen LogP contribution in [-0.2, 0) is 9.59 Å². The standard InChI is InChI=1S/C25H18FNO5/c1-14-9-11-15(12-10-14)22(28)20-21(18-7-2-3-8-19(18)26)27(24(30)23(20)29)17-6-4-5-16(13-17)25(31)32/h2-13,21,28H,1H3,(H,31,32)/b22-20+/t21-/m1/s1. The molecule has 1 amide bonds. The quantitative estimate of drug-likeness (QED) is 0.361. The van der Waals surface area contributed by atoms with Crippen molar-refractivity contribution in [2.75, 3.05) is 4.90 Å². The van der Waals surface area contributed by atoms with Crippen LogP contribution >= 0.6 is 0 Å². The van der Waals surface area contributed by atoms with Crippen molar-refractivity contribution in [1.29, 1.82) is 0 Å². The first-order valence-electron chi connectivity index (χ1n) is 9.75. The number of aromatic carboxylic acids is 1. The summed E-state index contributed by atoms with van der Waals surface area (Å²) in [7, 11) is 0. The number of nitrogens with zero attached hydrogens (tertiary/aromatic N) is 1. The van der Waals surface area contributed by atoms with Crippen molar-refractivity contribution in [3.05, 3.63) is 106 Å². The lowest BCUT2D eigenvalue weighted by atomic mass is 9.94. The molecule has 0 aromatic heterocycles. The van der Waals surface area contributed by atoms with Gasteiger partial charge < -0.3 is 10.2 Å². The highest BCUT2D eigenvalue weighted by molar-refractivity contribution is 6.51. The second-order valence-electron chi connectivity index (χ2n) is 7.41. The molecule has 3 aromatic carbocycles. The van der Waals surface area contributed by atoms with Crippen LogP contribution in [0.2, 0.25) is 0 Å². The number of carbonyl (C=O) groups excluding carboxylic acids is 2. The number of aliphatic hydroxyl groups excluding tert-OH is 1. The van der Waals surface area contributed by atoms with Gasteiger partial charge in [-0.15, -0.1) is 0 Å². The molecule has 1 aliphatic rings. The number of carboxylic acid groups (broad SMARTS) is 1. The van der Waals surface area contributed by atoms with Crippen molar-refractivity contribution in [2.45, 2.75) is 13.0 Å². The highest BCUT2D eigenvalue weighted by Gasteiger charge is 2.47. The van der Waals surface area contributed by atoms with Crippen LogP contribution < -0.4 is 4.90 Å². The van der Waals surface area contributed by atoms with Gasteiger partial charge in [-0.3, -0.25) is 14.5 Å². The lowest BCUT2D eigenvalue weighted by Gasteiger charge is -2.26. The van der Waals surface area contributed by atoms with Gasteiger partial charge >= 0.3 is 5.97 Å². The lowest BCUT2D eigenvalue weighted by molar-refractivity contribution is -0.132. The third-order valence-electron chi connectivity index (χ3n) is 5.34. The number of amides is 1. The first-order valence-corrected chi connectivity index (χ1v) is 9.75. The molecule has 1 fully saturated rings. The number of carbonyl (C=O) groups is 3. The number of rotatable bonds is 4. The smallest absolute Gasteiger partial charge is 0.335 e. The van der Waals surface area contributed by atoms with Gasteiger partial charge in [0, 0.05) is 16.8 Å². The SMILES string of the molecule is Cc1ccc(/C(O)=C2\C(=O)C(=O)N(c3cccc(C(=O)O)c3)[C@@H]2c2ccccc2F)cc1. The molecule has 6 nitrogen and oxygen atoms in total. The van der Waals surface area contributed by atoms with Crippen LogP contribution in [-0.4, -0.2) is 27.9 Å². The number of halogens is 1. The Morgan fingerprint density at radius 3 is 2.25 bits per heavy atom. The maximum Gasteiger partial charge on any atom is 0.335 e. The fourth-order valence-electron chi connectivity index (χ4n) is 3.75. The average molecular weight is 431 g/mol. The fourth-order valence-corrected chi connectivity index (χ4v) is 3.75. The van der Waals surface area contributed by atoms with Crippen LogP contribution in [0.1, 0.15) is 33.1 Å². The summed E-state index contributed by atoms with van der Waals surface area (Å²) in [5, 5.41) is 20.3. The molecule has 7 heteroatoms. The Bertz CT molecular complexity index is 1280. The van der Waals surface area contributed by atoms with E-state index in [1.165, 1.54) is 42.5 Å². The molecule has 0 spiro atoms. The van der Waals surface area contributed by atoms with Crippen molar-refractivity contribution < 1.29 is 29.0 Å². The predicted octanol–water partition coefficient (Wildman–Crippen LogP) is 4.46. The second-order valence-corrected chi connectivity index (χ2v) is 7.41. The molecule has 1 saturated heterocycles. The van der Waals surface area contributed by atoms with E-state index in [4.69, 9.17) is 0 Å². The van der Waals surface area contributed by atoms with Crippen LogP contribution in [0.5, 0.6) is 0 Å². The first kappa shape index (κ1) is 21.0. The van der Waals surface area contributed by atoms with Gasteiger partial charge in [-0.05, 0) is 31.2 Å². The first-order chi connectivity index (χ1) is 15.3. The summed E-state index contributed by atoms with van der Waals surface area (Å²) in [5.74, 6) is -4.31. The van der Waals surface area contributed by atoms with E-state index < -0.39 is 35.3 Å². The maximum atomic E-state index is 14.8. The molecule has 1 atom stereocenters. The van der Waals surface area contributed by atoms with Crippen LogP contribution in [0, 0.1) is 12.7 Å². The molecule has 0 radical (unpaired) electrons. The Labute approximate surface area is 182 Å². The lowest BCUT2D eigenvalue weighted by Crippen LogP contribution is -2.30. The Kier molecular flexibility index (Phi) is 5.32. The van der Waals surface area contributed by atoms with Gasteiger partial charge in [-0.2, -0.15) is 0 Å². The number of Topliss-reactive ketones (excluding diaryl/α,β-unsaturated/α-hetero) is 1. The zero-order chi connectivity index (χ0) is 23.0. The van der Waals surface area contributed by atoms with Crippen molar-refractivity contribution in [3.63, 3.8) is 0 Å². The van der Waals surface area contributed by atoms with E-state index in [-0.39, 0.29) is 22.4 Å². The second kappa shape index (κ2) is 8.11. The summed E-state index contributed by atoms with van der Waals surface area (Å²) >= 11 is 0. The molecule has 0 aliphatic carbocycles. The molecule has 0 saturated carbocycles. The van der Waals surface area contributed by atoms with E-state index in [9.17, 15) is 29.0 Å². The molecule has 4 rings (SSSR count). The Hall–Kier alpha value is -4.26. The van der Waals surface area contributed by atoms with E-state index in [1.54, 1.807) is 30.3 Å². The highest BCUT2D eigenvalue weighted by atomic mass is 19.1. The van der Waals surface area contributed by atoms with Crippen LogP contribution in [0.3, 0.4) is 0 Å². The zero-order valence-corrected chi connectivity index (χ0v) is 16.9. The summed E-state index contributed by atoms with van der Waals surface area (Å²) in [4.78, 5) is 38.5. The number of hydrogen-bond donors (Lipinski definition) is 2. The monoisotopic (exact) mass is 431 g/mol. The molecule has 0 bridgehead atoms. The van der Waals surface area contributed by atoms with E-state index in [1.807, 2.05) is 6.92 Å². The topological polar surface area (TPSA) is 94.9 Å². The van der Waals surface area contributed by atoms with E-state index in [2.05, 4.69) is 0 Å². The minimum Gasteiger partial charge on any atom is -0.507 e. The molecule has 3 aromatic rings. The van der Waals surface area contributed by atoms with Crippen LogP contribution in [0.25, 0.3) is 5.76 Å². The third kappa shape index (κ3) is 3.54. The van der Waals surface area contributed by atoms with Gasteiger partial charge in [0.1, 0.15) is 11.6 Å². The van der Waals surface area contributed by atoms with E-state index >= 15 is 0 Å². The highest BCUT2D eigenvalue weighted by Crippen LogP contribution is 2.43. The molecular weight excluding hydrogens is 413 g/mol. The summed E-state index contributed by atoms with van der Waals surface area (Å²) in [6.07, 6.45) is 0. The summed E-state index contributed by atoms with van der Waals surface area (Å²) < 4.78 is 14.8. The molecular formula is C25H18FNO5. The number of aryl methyl sites for hydroxylation is 1. The fraction of sp³-hybridized carbons (Fsp3) is 0.0800. The van der Waals surface area contributed by atoms with Gasteiger partial charge in [0.15, 0.2) is 0 Å². The van der Waals surface area contributed by atoms with Gasteiger partial charge in [0.2, 0.25) is 0 Å². The number of anilines is 1. The number of benzene rings is 3. The van der Waals surface area contributed by atoms with Crippen molar-refractivity contribution in [1.82, 2.24) is 0 Å². The molecule has 1 aliphatic heterocycles. The minimum absolute atomic E-state index is 0.00101. The van der Waals surface area contributed by atoms with Crippen molar-refractivity contribution >= 4 is 29.1 Å². The van der Waals surface area contributed by atoms with E-state index in [0.717, 1.165) is 10.5 Å². The molecule has 32 heavy (non-hydrogen) atoms. The van der Waals surface area contributed by atoms with Crippen molar-refractivity contribution in [3.8, 4) is 0 Å². The zero-order valence-electron chi connectivity index (χ0n) is 16.9. The largest absolute Gasteiger partial charge is 0.507 e. The van der Waals surface area contributed by atoms with Gasteiger partial charge in [-0.25, -0.2) is 9.18 Å². The third-order valence-corrected chi connectivity index (χ3v) is 5.34. The molecule has 0 unspecified atom stereocenters. The van der Waals surface area contributed by atoms with Gasteiger partial charge in [0.25, 0.3) is 11.7 Å². The minimum atomic E-state index is -1.28. The Morgan fingerprint density at radius 2 is 1.59 bits per heavy atom. The summed E-state index contributed by atoms with van der Waals surface area (Å²) in [6.45, 7) is 1.86. The number of ketones is 1. The summed E-state index contributed by atoms with van der Waals surface area (Å²) in [6, 6.07) is 16.5. The van der Waals surface area contributed by atoms with Gasteiger partial charge in [0.05, 0.1) is 17.2 Å². The number of aliphatic hydroxyl groups is 1. The Morgan fingerprint density at radius 1 is 0.906 bits per heavy atom. The predicted molar refractivity (Wildman–Crippen MR) is 116 cm³/mol. The Balaban J connectivity index is 1.97. The van der Waals surface area contributed by atoms with Crippen LogP contribution in [0.15, 0.2) is 78.4 Å². The maximum absolute atomic E-state index is 14.8. The normalized spacial score (nSPS) is 17.6. The molecule has 1 heterocycles. The molecule has 160 valence electrons. The van der Waals surface area contributed by atoms with Crippen molar-refractivity contribution in [2.24, 2.45) is 0 Å². The average Bonchev–Trinajstić information content (AvgIpc) is 3.04. The van der Waals surface area contributed by atoms with E-state index in [0.29, 0.717) is 5.56 Å². The molecule has 2 N–H and O–H groups in total. The number of carboxylic acids is 1. The number of hydrogen-bond acceptors (Lipinski definition) is 4.